The molecule has 2 atom stereocenters. The van der Waals surface area contributed by atoms with Crippen molar-refractivity contribution in [2.24, 2.45) is 0 Å². The molecule has 3 rings (SSSR count). The van der Waals surface area contributed by atoms with Crippen LogP contribution in [0.5, 0.6) is 0 Å². The van der Waals surface area contributed by atoms with Gasteiger partial charge in [-0.25, -0.2) is 0 Å². The highest BCUT2D eigenvalue weighted by atomic mass is 16.5. The van der Waals surface area contributed by atoms with Gasteiger partial charge in [-0.05, 0) is 11.6 Å². The van der Waals surface area contributed by atoms with E-state index in [1.807, 2.05) is 36.4 Å². The summed E-state index contributed by atoms with van der Waals surface area (Å²) in [5.74, 6) is -0.125. The lowest BCUT2D eigenvalue weighted by molar-refractivity contribution is -0.122. The van der Waals surface area contributed by atoms with Gasteiger partial charge in [-0.1, -0.05) is 36.4 Å². The minimum Gasteiger partial charge on any atom is -0.369 e. The molecule has 0 saturated carbocycles. The highest BCUT2D eigenvalue weighted by Gasteiger charge is 2.34. The third-order valence-corrected chi connectivity index (χ3v) is 3.61. The number of methoxy groups -OCH3 is 1. The molecule has 1 aromatic carbocycles. The van der Waals surface area contributed by atoms with Gasteiger partial charge in [0, 0.05) is 30.0 Å². The second kappa shape index (κ2) is 5.39. The van der Waals surface area contributed by atoms with E-state index in [2.05, 4.69) is 11.4 Å². The fourth-order valence-corrected chi connectivity index (χ4v) is 2.61. The minimum atomic E-state index is -0.667. The molecule has 0 aromatic heterocycles. The van der Waals surface area contributed by atoms with Crippen molar-refractivity contribution in [3.05, 3.63) is 65.4 Å². The zero-order valence-electron chi connectivity index (χ0n) is 11.5. The second-order valence-electron chi connectivity index (χ2n) is 4.80. The monoisotopic (exact) mass is 277 g/mol. The van der Waals surface area contributed by atoms with E-state index in [4.69, 9.17) is 4.74 Å². The lowest BCUT2D eigenvalue weighted by Crippen LogP contribution is -2.33. The largest absolute Gasteiger partial charge is 0.369 e. The number of nitriles is 1. The van der Waals surface area contributed by atoms with E-state index < -0.39 is 12.1 Å². The Kier molecular flexibility index (Phi) is 3.43. The Morgan fingerprint density at radius 3 is 2.71 bits per heavy atom. The number of ketones is 1. The van der Waals surface area contributed by atoms with E-state index in [9.17, 15) is 10.1 Å². The molecule has 0 N–H and O–H groups in total. The van der Waals surface area contributed by atoms with Crippen molar-refractivity contribution in [2.75, 3.05) is 7.11 Å². The molecule has 2 aliphatic rings. The number of carbonyl (C=O) groups is 1. The van der Waals surface area contributed by atoms with Crippen LogP contribution in [-0.4, -0.2) is 25.0 Å². The van der Waals surface area contributed by atoms with Crippen molar-refractivity contribution in [3.63, 3.8) is 0 Å². The van der Waals surface area contributed by atoms with Crippen molar-refractivity contribution in [1.29, 1.82) is 5.26 Å². The molecule has 21 heavy (non-hydrogen) atoms. The van der Waals surface area contributed by atoms with Crippen LogP contribution in [-0.2, 0) is 9.53 Å². The maximum atomic E-state index is 12.6. The molecule has 0 fully saturated rings. The smallest absolute Gasteiger partial charge is 0.196 e. The summed E-state index contributed by atoms with van der Waals surface area (Å²) in [6.07, 6.45) is 4.52. The summed E-state index contributed by atoms with van der Waals surface area (Å²) in [5, 5.41) is 13.6. The highest BCUT2D eigenvalue weighted by molar-refractivity contribution is 6.13. The Morgan fingerprint density at radius 1 is 1.29 bits per heavy atom. The molecule has 0 amide bonds. The molecule has 1 aromatic rings. The first-order valence-electron chi connectivity index (χ1n) is 6.61. The van der Waals surface area contributed by atoms with E-state index in [0.717, 1.165) is 11.1 Å². The van der Waals surface area contributed by atoms with Crippen LogP contribution in [0.4, 0.5) is 0 Å². The lowest BCUT2D eigenvalue weighted by atomic mass is 9.81. The van der Waals surface area contributed by atoms with E-state index in [-0.39, 0.29) is 5.78 Å². The number of nitrogens with zero attached hydrogens (tertiary/aromatic N) is 2. The van der Waals surface area contributed by atoms with Crippen LogP contribution in [0, 0.1) is 11.3 Å². The lowest BCUT2D eigenvalue weighted by Gasteiger charge is -2.27. The van der Waals surface area contributed by atoms with E-state index >= 15 is 0 Å². The molecule has 0 bridgehead atoms. The highest BCUT2D eigenvalue weighted by Crippen LogP contribution is 2.35. The number of Topliss-reactive ketones (excluding diaryl/α,β-unsaturated/α-hetero) is 1. The fraction of sp³-hybridized carbons (Fsp3) is 0.176. The molecule has 103 valence electrons. The van der Waals surface area contributed by atoms with Gasteiger partial charge in [0.05, 0.1) is 6.07 Å². The first-order valence-corrected chi connectivity index (χ1v) is 6.61. The van der Waals surface area contributed by atoms with Gasteiger partial charge >= 0.3 is 0 Å². The van der Waals surface area contributed by atoms with Crippen LogP contribution in [0.15, 0.2) is 59.8 Å². The summed E-state index contributed by atoms with van der Waals surface area (Å²) in [6, 6.07) is 10.9. The number of rotatable bonds is 2. The molecule has 1 radical (unpaired) electrons. The summed E-state index contributed by atoms with van der Waals surface area (Å²) < 4.78 is 5.19. The fourth-order valence-electron chi connectivity index (χ4n) is 2.61. The predicted molar refractivity (Wildman–Crippen MR) is 77.9 cm³/mol. The molecule has 1 heterocycles. The maximum absolute atomic E-state index is 12.6. The molecular weight excluding hydrogens is 264 g/mol. The quantitative estimate of drug-likeness (QED) is 0.830. The van der Waals surface area contributed by atoms with Gasteiger partial charge in [0.2, 0.25) is 0 Å². The number of fused-ring (bicyclic) bond motifs is 1. The molecular formula is C17H13N2O2. The average molecular weight is 277 g/mol. The Balaban J connectivity index is 2.23. The van der Waals surface area contributed by atoms with Crippen molar-refractivity contribution in [3.8, 4) is 6.07 Å². The number of hydrogen-bond acceptors (Lipinski definition) is 3. The van der Waals surface area contributed by atoms with Crippen LogP contribution in [0.2, 0.25) is 0 Å². The zero-order chi connectivity index (χ0) is 14.8. The van der Waals surface area contributed by atoms with Crippen molar-refractivity contribution in [2.45, 2.75) is 12.1 Å². The van der Waals surface area contributed by atoms with Crippen LogP contribution in [0.3, 0.4) is 0 Å². The van der Waals surface area contributed by atoms with Crippen LogP contribution >= 0.6 is 0 Å². The molecule has 4 nitrogen and oxygen atoms in total. The van der Waals surface area contributed by atoms with Gasteiger partial charge in [0.25, 0.3) is 0 Å². The van der Waals surface area contributed by atoms with Gasteiger partial charge in [0.15, 0.2) is 11.8 Å². The molecule has 0 saturated heterocycles. The number of carbonyl (C=O) groups excluding carboxylic acids is 1. The topological polar surface area (TPSA) is 64.2 Å². The van der Waals surface area contributed by atoms with Crippen LogP contribution in [0.25, 0.3) is 5.57 Å². The number of hydrogen-bond donors (Lipinski definition) is 0. The van der Waals surface area contributed by atoms with Gasteiger partial charge in [0.1, 0.15) is 6.10 Å². The average Bonchev–Trinajstić information content (AvgIpc) is 2.55. The van der Waals surface area contributed by atoms with E-state index in [0.29, 0.717) is 11.1 Å². The van der Waals surface area contributed by atoms with Crippen molar-refractivity contribution < 1.29 is 9.53 Å². The van der Waals surface area contributed by atoms with E-state index in [1.165, 1.54) is 7.11 Å². The summed E-state index contributed by atoms with van der Waals surface area (Å²) in [4.78, 5) is 12.6. The summed E-state index contributed by atoms with van der Waals surface area (Å²) in [6.45, 7) is 0. The molecule has 0 spiro atoms. The Morgan fingerprint density at radius 2 is 2.05 bits per heavy atom. The first-order chi connectivity index (χ1) is 10.3. The SMILES string of the molecule is COC1C=CC2=C[N]C(C#N)C(c3ccccc3)=C2C1=O. The maximum Gasteiger partial charge on any atom is 0.196 e. The molecule has 1 aliphatic carbocycles. The first kappa shape index (κ1) is 13.3. The summed E-state index contributed by atoms with van der Waals surface area (Å²) in [7, 11) is 1.50. The standard InChI is InChI=1S/C17H13N2O2/c1-21-14-8-7-12-10-19-13(9-18)15(16(12)17(14)20)11-5-3-2-4-6-11/h2-8,10,13-14H,1H3. The van der Waals surface area contributed by atoms with Gasteiger partial charge < -0.3 is 4.74 Å². The number of allylic oxidation sites excluding steroid dienone is 2. The van der Waals surface area contributed by atoms with Gasteiger partial charge in [-0.3, -0.25) is 10.1 Å². The normalized spacial score (nSPS) is 24.0. The molecule has 2 unspecified atom stereocenters. The molecule has 1 aliphatic heterocycles. The van der Waals surface area contributed by atoms with Crippen LogP contribution in [0.1, 0.15) is 5.56 Å². The Hall–Kier alpha value is -2.64. The predicted octanol–water partition coefficient (Wildman–Crippen LogP) is 1.99. The third-order valence-electron chi connectivity index (χ3n) is 3.61. The molecule has 4 heteroatoms. The van der Waals surface area contributed by atoms with Gasteiger partial charge in [-0.2, -0.15) is 5.26 Å². The Bertz CT molecular complexity index is 708. The minimum absolute atomic E-state index is 0.125. The summed E-state index contributed by atoms with van der Waals surface area (Å²) in [5.41, 5.74) is 2.77. The van der Waals surface area contributed by atoms with Gasteiger partial charge in [-0.15, -0.1) is 0 Å². The Labute approximate surface area is 123 Å². The van der Waals surface area contributed by atoms with Crippen LogP contribution < -0.4 is 5.32 Å². The van der Waals surface area contributed by atoms with E-state index in [1.54, 1.807) is 12.3 Å². The number of ether oxygens (including phenoxy) is 1. The second-order valence-corrected chi connectivity index (χ2v) is 4.80. The number of benzene rings is 1. The summed E-state index contributed by atoms with van der Waals surface area (Å²) >= 11 is 0. The third kappa shape index (κ3) is 2.18. The van der Waals surface area contributed by atoms with Crippen molar-refractivity contribution in [1.82, 2.24) is 5.32 Å². The zero-order valence-corrected chi connectivity index (χ0v) is 11.5. The van der Waals surface area contributed by atoms with Crippen molar-refractivity contribution >= 4 is 11.4 Å².